The molecule has 0 fully saturated rings. The van der Waals surface area contributed by atoms with Crippen LogP contribution in [0.15, 0.2) is 61.1 Å². The third-order valence-corrected chi connectivity index (χ3v) is 4.88. The Labute approximate surface area is 178 Å². The molecule has 2 heterocycles. The molecule has 4 nitrogen and oxygen atoms in total. The highest BCUT2D eigenvalue weighted by atomic mass is 19.4. The zero-order valence-corrected chi connectivity index (χ0v) is 16.4. The number of halogens is 6. The number of aromatic nitrogens is 3. The number of fused-ring (bicyclic) bond motifs is 1. The van der Waals surface area contributed by atoms with Crippen molar-refractivity contribution in [1.82, 2.24) is 15.0 Å². The van der Waals surface area contributed by atoms with E-state index in [9.17, 15) is 26.3 Å². The first-order chi connectivity index (χ1) is 15.0. The third kappa shape index (κ3) is 4.20. The van der Waals surface area contributed by atoms with E-state index in [1.165, 1.54) is 36.7 Å². The van der Waals surface area contributed by atoms with E-state index in [1.54, 1.807) is 6.92 Å². The summed E-state index contributed by atoms with van der Waals surface area (Å²) in [5.74, 6) is 0.354. The van der Waals surface area contributed by atoms with Crippen molar-refractivity contribution in [2.24, 2.45) is 0 Å². The van der Waals surface area contributed by atoms with Crippen LogP contribution in [-0.4, -0.2) is 15.0 Å². The molecule has 0 aliphatic rings. The number of alkyl halides is 6. The third-order valence-electron chi connectivity index (χ3n) is 4.88. The Balaban J connectivity index is 1.69. The summed E-state index contributed by atoms with van der Waals surface area (Å²) in [4.78, 5) is 12.4. The van der Waals surface area contributed by atoms with E-state index in [2.05, 4.69) is 20.3 Å². The minimum atomic E-state index is -4.51. The summed E-state index contributed by atoms with van der Waals surface area (Å²) in [6, 6.07) is 9.73. The molecule has 32 heavy (non-hydrogen) atoms. The summed E-state index contributed by atoms with van der Waals surface area (Å²) < 4.78 is 77.9. The van der Waals surface area contributed by atoms with Crippen molar-refractivity contribution in [3.63, 3.8) is 0 Å². The van der Waals surface area contributed by atoms with Gasteiger partial charge in [0.25, 0.3) is 0 Å². The molecular weight excluding hydrogens is 434 g/mol. The van der Waals surface area contributed by atoms with Crippen molar-refractivity contribution in [2.45, 2.75) is 19.3 Å². The Morgan fingerprint density at radius 1 is 0.781 bits per heavy atom. The van der Waals surface area contributed by atoms with Crippen molar-refractivity contribution < 1.29 is 26.3 Å². The minimum absolute atomic E-state index is 0.0291. The lowest BCUT2D eigenvalue weighted by Gasteiger charge is -2.14. The van der Waals surface area contributed by atoms with Crippen molar-refractivity contribution in [1.29, 1.82) is 0 Å². The summed E-state index contributed by atoms with van der Waals surface area (Å²) in [6.45, 7) is 1.70. The Hall–Kier alpha value is -3.69. The number of nitrogens with one attached hydrogen (secondary N) is 1. The van der Waals surface area contributed by atoms with Gasteiger partial charge in [-0.2, -0.15) is 26.3 Å². The highest BCUT2D eigenvalue weighted by Crippen LogP contribution is 2.36. The van der Waals surface area contributed by atoms with Crippen LogP contribution in [0.1, 0.15) is 16.7 Å². The van der Waals surface area contributed by atoms with Gasteiger partial charge in [-0.1, -0.05) is 12.1 Å². The Kier molecular flexibility index (Phi) is 5.23. The Morgan fingerprint density at radius 3 is 2.16 bits per heavy atom. The number of anilines is 2. The van der Waals surface area contributed by atoms with Gasteiger partial charge in [0.2, 0.25) is 0 Å². The smallest absolute Gasteiger partial charge is 0.340 e. The van der Waals surface area contributed by atoms with Gasteiger partial charge >= 0.3 is 12.4 Å². The molecule has 0 saturated carbocycles. The average Bonchev–Trinajstić information content (AvgIpc) is 2.73. The highest BCUT2D eigenvalue weighted by Gasteiger charge is 2.32. The number of hydrogen-bond acceptors (Lipinski definition) is 4. The molecular formula is C22H14F6N4. The number of hydrogen-bond donors (Lipinski definition) is 1. The van der Waals surface area contributed by atoms with Gasteiger partial charge in [0, 0.05) is 28.4 Å². The summed E-state index contributed by atoms with van der Waals surface area (Å²) in [6.07, 6.45) is -6.59. The fourth-order valence-corrected chi connectivity index (χ4v) is 3.29. The largest absolute Gasteiger partial charge is 0.417 e. The molecule has 0 unspecified atom stereocenters. The monoisotopic (exact) mass is 448 g/mol. The van der Waals surface area contributed by atoms with Crippen LogP contribution < -0.4 is 5.32 Å². The summed E-state index contributed by atoms with van der Waals surface area (Å²) >= 11 is 0. The zero-order valence-electron chi connectivity index (χ0n) is 16.4. The fraction of sp³-hybridized carbons (Fsp3) is 0.136. The summed E-state index contributed by atoms with van der Waals surface area (Å²) in [5.41, 5.74) is 0.547. The molecule has 4 aromatic rings. The fourth-order valence-electron chi connectivity index (χ4n) is 3.29. The molecule has 0 aliphatic carbocycles. The van der Waals surface area contributed by atoms with Crippen LogP contribution in [0.25, 0.3) is 22.2 Å². The predicted octanol–water partition coefficient (Wildman–Crippen LogP) is 6.78. The molecule has 0 spiro atoms. The second-order valence-electron chi connectivity index (χ2n) is 6.98. The van der Waals surface area contributed by atoms with Crippen molar-refractivity contribution in [3.05, 3.63) is 77.7 Å². The van der Waals surface area contributed by atoms with Gasteiger partial charge in [-0.15, -0.1) is 0 Å². The van der Waals surface area contributed by atoms with E-state index in [0.717, 1.165) is 24.4 Å². The van der Waals surface area contributed by atoms with Crippen LogP contribution in [-0.2, 0) is 12.4 Å². The van der Waals surface area contributed by atoms with Crippen LogP contribution in [0.5, 0.6) is 0 Å². The highest BCUT2D eigenvalue weighted by molar-refractivity contribution is 5.87. The lowest BCUT2D eigenvalue weighted by Crippen LogP contribution is -2.06. The quantitative estimate of drug-likeness (QED) is 0.351. The standard InChI is InChI=1S/C22H14F6N4/c1-12-19(13-2-7-16-17(22(26,27)28)8-9-29-18(16)10-13)30-11-31-20(12)32-15-5-3-14(4-6-15)21(23,24)25/h2-11H,1H3,(H,30,31,32). The second-order valence-corrected chi connectivity index (χ2v) is 6.98. The molecule has 0 bridgehead atoms. The topological polar surface area (TPSA) is 50.7 Å². The first kappa shape index (κ1) is 21.5. The van der Waals surface area contributed by atoms with Gasteiger partial charge in [-0.3, -0.25) is 4.98 Å². The molecule has 0 aliphatic heterocycles. The maximum Gasteiger partial charge on any atom is 0.417 e. The molecule has 0 radical (unpaired) electrons. The van der Waals surface area contributed by atoms with Gasteiger partial charge in [-0.05, 0) is 43.3 Å². The van der Waals surface area contributed by atoms with E-state index in [-0.39, 0.29) is 10.9 Å². The van der Waals surface area contributed by atoms with E-state index < -0.39 is 23.5 Å². The van der Waals surface area contributed by atoms with Gasteiger partial charge in [0.15, 0.2) is 0 Å². The molecule has 0 saturated heterocycles. The number of benzene rings is 2. The molecule has 2 aromatic heterocycles. The first-order valence-electron chi connectivity index (χ1n) is 9.26. The molecule has 10 heteroatoms. The molecule has 4 rings (SSSR count). The Morgan fingerprint density at radius 2 is 1.50 bits per heavy atom. The SMILES string of the molecule is Cc1c(Nc2ccc(C(F)(F)F)cc2)ncnc1-c1ccc2c(C(F)(F)F)ccnc2c1. The van der Waals surface area contributed by atoms with E-state index in [4.69, 9.17) is 0 Å². The second kappa shape index (κ2) is 7.77. The summed E-state index contributed by atoms with van der Waals surface area (Å²) in [7, 11) is 0. The maximum absolute atomic E-state index is 13.2. The van der Waals surface area contributed by atoms with Crippen molar-refractivity contribution in [2.75, 3.05) is 5.32 Å². The predicted molar refractivity (Wildman–Crippen MR) is 107 cm³/mol. The molecule has 1 N–H and O–H groups in total. The molecule has 0 atom stereocenters. The lowest BCUT2D eigenvalue weighted by atomic mass is 10.0. The van der Waals surface area contributed by atoms with Gasteiger partial charge in [0.05, 0.1) is 22.3 Å². The summed E-state index contributed by atoms with van der Waals surface area (Å²) in [5, 5.41) is 2.92. The van der Waals surface area contributed by atoms with Crippen molar-refractivity contribution in [3.8, 4) is 11.3 Å². The van der Waals surface area contributed by atoms with Crippen molar-refractivity contribution >= 4 is 22.4 Å². The molecule has 2 aromatic carbocycles. The molecule has 164 valence electrons. The van der Waals surface area contributed by atoms with Crippen LogP contribution in [0.2, 0.25) is 0 Å². The van der Waals surface area contributed by atoms with E-state index in [0.29, 0.717) is 28.3 Å². The zero-order chi connectivity index (χ0) is 23.1. The Bertz CT molecular complexity index is 1280. The van der Waals surface area contributed by atoms with Crippen LogP contribution >= 0.6 is 0 Å². The van der Waals surface area contributed by atoms with Crippen LogP contribution in [0, 0.1) is 6.92 Å². The number of nitrogens with zero attached hydrogens (tertiary/aromatic N) is 3. The average molecular weight is 448 g/mol. The normalized spacial score (nSPS) is 12.2. The maximum atomic E-state index is 13.2. The van der Waals surface area contributed by atoms with E-state index in [1.807, 2.05) is 0 Å². The molecule has 0 amide bonds. The van der Waals surface area contributed by atoms with Gasteiger partial charge in [-0.25, -0.2) is 9.97 Å². The number of pyridine rings is 1. The first-order valence-corrected chi connectivity index (χ1v) is 9.26. The van der Waals surface area contributed by atoms with Crippen LogP contribution in [0.3, 0.4) is 0 Å². The van der Waals surface area contributed by atoms with Crippen LogP contribution in [0.4, 0.5) is 37.8 Å². The van der Waals surface area contributed by atoms with Gasteiger partial charge in [0.1, 0.15) is 12.1 Å². The van der Waals surface area contributed by atoms with E-state index >= 15 is 0 Å². The minimum Gasteiger partial charge on any atom is -0.340 e. The lowest BCUT2D eigenvalue weighted by molar-refractivity contribution is -0.138. The number of rotatable bonds is 3. The van der Waals surface area contributed by atoms with Gasteiger partial charge < -0.3 is 5.32 Å².